The summed E-state index contributed by atoms with van der Waals surface area (Å²) < 4.78 is 6.04. The summed E-state index contributed by atoms with van der Waals surface area (Å²) in [5, 5.41) is 0. The van der Waals surface area contributed by atoms with Crippen molar-refractivity contribution in [1.29, 1.82) is 0 Å². The molecule has 2 heterocycles. The fourth-order valence-corrected chi connectivity index (χ4v) is 3.24. The van der Waals surface area contributed by atoms with Crippen molar-refractivity contribution in [3.05, 3.63) is 29.3 Å². The minimum atomic E-state index is 0.259. The fourth-order valence-electron chi connectivity index (χ4n) is 3.24. The molecule has 21 heavy (non-hydrogen) atoms. The molecule has 1 unspecified atom stereocenters. The quantitative estimate of drug-likeness (QED) is 0.851. The second kappa shape index (κ2) is 6.06. The fraction of sp³-hybridized carbons (Fsp3) is 0.588. The molecule has 3 rings (SSSR count). The summed E-state index contributed by atoms with van der Waals surface area (Å²) >= 11 is 0. The Morgan fingerprint density at radius 3 is 2.76 bits per heavy atom. The molecule has 1 amide bonds. The number of rotatable bonds is 3. The van der Waals surface area contributed by atoms with E-state index in [0.29, 0.717) is 6.42 Å². The van der Waals surface area contributed by atoms with Gasteiger partial charge in [0.05, 0.1) is 0 Å². The smallest absolute Gasteiger partial charge is 0.222 e. The molecule has 0 bridgehead atoms. The lowest BCUT2D eigenvalue weighted by Gasteiger charge is -2.35. The molecule has 0 saturated carbocycles. The molecule has 0 radical (unpaired) electrons. The zero-order chi connectivity index (χ0) is 14.8. The van der Waals surface area contributed by atoms with Crippen LogP contribution in [0.5, 0.6) is 5.75 Å². The van der Waals surface area contributed by atoms with Gasteiger partial charge in [0.1, 0.15) is 11.9 Å². The standard InChI is InChI=1S/C17H24N2O2/c1-3-17(20)19-8-6-18(7-9-19)12-15-11-14-10-13(2)4-5-16(14)21-15/h4-5,10,15H,3,6-9,11-12H2,1-2H3. The lowest BCUT2D eigenvalue weighted by atomic mass is 10.1. The Labute approximate surface area is 126 Å². The maximum atomic E-state index is 11.7. The molecule has 4 nitrogen and oxygen atoms in total. The van der Waals surface area contributed by atoms with Crippen LogP contribution in [0, 0.1) is 6.92 Å². The maximum Gasteiger partial charge on any atom is 0.222 e. The van der Waals surface area contributed by atoms with Crippen LogP contribution in [0.4, 0.5) is 0 Å². The van der Waals surface area contributed by atoms with E-state index in [4.69, 9.17) is 4.74 Å². The third kappa shape index (κ3) is 3.21. The SMILES string of the molecule is CCC(=O)N1CCN(CC2Cc3cc(C)ccc3O2)CC1. The van der Waals surface area contributed by atoms with Crippen molar-refractivity contribution >= 4 is 5.91 Å². The van der Waals surface area contributed by atoms with Gasteiger partial charge >= 0.3 is 0 Å². The molecular formula is C17H24N2O2. The molecule has 1 aromatic carbocycles. The van der Waals surface area contributed by atoms with E-state index >= 15 is 0 Å². The van der Waals surface area contributed by atoms with Crippen molar-refractivity contribution in [2.75, 3.05) is 32.7 Å². The van der Waals surface area contributed by atoms with Crippen LogP contribution in [-0.4, -0.2) is 54.5 Å². The number of carbonyl (C=O) groups excluding carboxylic acids is 1. The maximum absolute atomic E-state index is 11.7. The lowest BCUT2D eigenvalue weighted by Crippen LogP contribution is -2.50. The molecule has 2 aliphatic rings. The molecule has 114 valence electrons. The van der Waals surface area contributed by atoms with Crippen molar-refractivity contribution in [2.45, 2.75) is 32.8 Å². The Hall–Kier alpha value is -1.55. The van der Waals surface area contributed by atoms with Crippen LogP contribution in [0.3, 0.4) is 0 Å². The topological polar surface area (TPSA) is 32.8 Å². The van der Waals surface area contributed by atoms with E-state index in [1.54, 1.807) is 0 Å². The second-order valence-electron chi connectivity index (χ2n) is 6.09. The number of aryl methyl sites for hydroxylation is 1. The van der Waals surface area contributed by atoms with Gasteiger partial charge in [-0.25, -0.2) is 0 Å². The van der Waals surface area contributed by atoms with Gasteiger partial charge in [0.15, 0.2) is 0 Å². The number of amides is 1. The summed E-state index contributed by atoms with van der Waals surface area (Å²) in [5.41, 5.74) is 2.63. The third-order valence-corrected chi connectivity index (χ3v) is 4.45. The van der Waals surface area contributed by atoms with E-state index in [0.717, 1.165) is 44.9 Å². The number of fused-ring (bicyclic) bond motifs is 1. The average Bonchev–Trinajstić information content (AvgIpc) is 2.88. The number of benzene rings is 1. The lowest BCUT2D eigenvalue weighted by molar-refractivity contribution is -0.132. The van der Waals surface area contributed by atoms with Crippen molar-refractivity contribution < 1.29 is 9.53 Å². The van der Waals surface area contributed by atoms with Crippen molar-refractivity contribution in [3.63, 3.8) is 0 Å². The highest BCUT2D eigenvalue weighted by Crippen LogP contribution is 2.29. The molecule has 1 fully saturated rings. The zero-order valence-corrected chi connectivity index (χ0v) is 13.0. The Kier molecular flexibility index (Phi) is 4.15. The first kappa shape index (κ1) is 14.4. The molecule has 0 spiro atoms. The molecular weight excluding hydrogens is 264 g/mol. The first-order valence-electron chi connectivity index (χ1n) is 7.92. The highest BCUT2D eigenvalue weighted by molar-refractivity contribution is 5.75. The van der Waals surface area contributed by atoms with Gasteiger partial charge in [0.2, 0.25) is 5.91 Å². The number of ether oxygens (including phenoxy) is 1. The third-order valence-electron chi connectivity index (χ3n) is 4.45. The minimum Gasteiger partial charge on any atom is -0.488 e. The number of nitrogens with zero attached hydrogens (tertiary/aromatic N) is 2. The van der Waals surface area contributed by atoms with Gasteiger partial charge in [-0.15, -0.1) is 0 Å². The zero-order valence-electron chi connectivity index (χ0n) is 13.0. The largest absolute Gasteiger partial charge is 0.488 e. The molecule has 1 atom stereocenters. The normalized spacial score (nSPS) is 22.0. The van der Waals surface area contributed by atoms with Crippen molar-refractivity contribution in [3.8, 4) is 5.75 Å². The van der Waals surface area contributed by atoms with E-state index in [1.807, 2.05) is 11.8 Å². The van der Waals surface area contributed by atoms with E-state index in [1.165, 1.54) is 11.1 Å². The van der Waals surface area contributed by atoms with Crippen molar-refractivity contribution in [1.82, 2.24) is 9.80 Å². The molecule has 1 saturated heterocycles. The van der Waals surface area contributed by atoms with Crippen LogP contribution >= 0.6 is 0 Å². The Morgan fingerprint density at radius 2 is 2.05 bits per heavy atom. The van der Waals surface area contributed by atoms with E-state index < -0.39 is 0 Å². The van der Waals surface area contributed by atoms with E-state index in [9.17, 15) is 4.79 Å². The molecule has 4 heteroatoms. The first-order valence-corrected chi connectivity index (χ1v) is 7.92. The van der Waals surface area contributed by atoms with Crippen LogP contribution < -0.4 is 4.74 Å². The molecule has 0 N–H and O–H groups in total. The van der Waals surface area contributed by atoms with Crippen LogP contribution in [-0.2, 0) is 11.2 Å². The van der Waals surface area contributed by atoms with Crippen LogP contribution in [0.15, 0.2) is 18.2 Å². The van der Waals surface area contributed by atoms with E-state index in [2.05, 4.69) is 30.0 Å². The molecule has 0 aromatic heterocycles. The number of hydrogen-bond donors (Lipinski definition) is 0. The monoisotopic (exact) mass is 288 g/mol. The predicted octanol–water partition coefficient (Wildman–Crippen LogP) is 1.85. The van der Waals surface area contributed by atoms with Gasteiger partial charge < -0.3 is 9.64 Å². The van der Waals surface area contributed by atoms with Gasteiger partial charge in [-0.05, 0) is 18.6 Å². The van der Waals surface area contributed by atoms with Gasteiger partial charge in [0.25, 0.3) is 0 Å². The molecule has 1 aromatic rings. The first-order chi connectivity index (χ1) is 10.2. The van der Waals surface area contributed by atoms with Gasteiger partial charge in [0, 0.05) is 45.6 Å². The Balaban J connectivity index is 1.50. The highest BCUT2D eigenvalue weighted by atomic mass is 16.5. The number of carbonyl (C=O) groups is 1. The van der Waals surface area contributed by atoms with Gasteiger partial charge in [-0.3, -0.25) is 9.69 Å². The second-order valence-corrected chi connectivity index (χ2v) is 6.09. The Bertz CT molecular complexity index is 522. The molecule has 2 aliphatic heterocycles. The highest BCUT2D eigenvalue weighted by Gasteiger charge is 2.27. The number of hydrogen-bond acceptors (Lipinski definition) is 3. The van der Waals surface area contributed by atoms with Crippen molar-refractivity contribution in [2.24, 2.45) is 0 Å². The van der Waals surface area contributed by atoms with Crippen LogP contribution in [0.1, 0.15) is 24.5 Å². The van der Waals surface area contributed by atoms with Crippen LogP contribution in [0.25, 0.3) is 0 Å². The Morgan fingerprint density at radius 1 is 1.29 bits per heavy atom. The van der Waals surface area contributed by atoms with Gasteiger partial charge in [-0.1, -0.05) is 24.6 Å². The van der Waals surface area contributed by atoms with E-state index in [-0.39, 0.29) is 12.0 Å². The average molecular weight is 288 g/mol. The summed E-state index contributed by atoms with van der Waals surface area (Å²) in [5.74, 6) is 1.32. The predicted molar refractivity (Wildman–Crippen MR) is 82.6 cm³/mol. The summed E-state index contributed by atoms with van der Waals surface area (Å²) in [4.78, 5) is 16.1. The summed E-state index contributed by atoms with van der Waals surface area (Å²) in [6.45, 7) is 8.64. The summed E-state index contributed by atoms with van der Waals surface area (Å²) in [6, 6.07) is 6.42. The minimum absolute atomic E-state index is 0.259. The summed E-state index contributed by atoms with van der Waals surface area (Å²) in [7, 11) is 0. The summed E-state index contributed by atoms with van der Waals surface area (Å²) in [6.07, 6.45) is 1.88. The molecule has 0 aliphatic carbocycles. The van der Waals surface area contributed by atoms with Crippen LogP contribution in [0.2, 0.25) is 0 Å². The van der Waals surface area contributed by atoms with Gasteiger partial charge in [-0.2, -0.15) is 0 Å². The number of piperazine rings is 1.